The Labute approximate surface area is 151 Å². The van der Waals surface area contributed by atoms with Gasteiger partial charge in [-0.1, -0.05) is 60.7 Å². The molecule has 1 atom stereocenters. The molecule has 2 N–H and O–H groups in total. The van der Waals surface area contributed by atoms with E-state index in [4.69, 9.17) is 4.74 Å². The van der Waals surface area contributed by atoms with Gasteiger partial charge in [0.2, 0.25) is 0 Å². The minimum absolute atomic E-state index is 0.220. The minimum Gasteiger partial charge on any atom is -0.484 e. The molecule has 0 saturated heterocycles. The van der Waals surface area contributed by atoms with Crippen molar-refractivity contribution in [1.29, 1.82) is 0 Å². The van der Waals surface area contributed by atoms with Crippen molar-refractivity contribution in [2.24, 2.45) is 0 Å². The number of carbonyl (C=O) groups is 2. The van der Waals surface area contributed by atoms with Crippen molar-refractivity contribution in [3.8, 4) is 5.75 Å². The van der Waals surface area contributed by atoms with Gasteiger partial charge in [-0.3, -0.25) is 4.79 Å². The molecular formula is C21H19NO4. The van der Waals surface area contributed by atoms with E-state index < -0.39 is 17.9 Å². The standard InChI is InChI=1S/C21H19NO4/c23-20(22-19(21(24)25)12-15-6-2-1-3-7-15)14-26-18-11-10-16-8-4-5-9-17(16)13-18/h1-11,13,19H,12,14H2,(H,22,23)(H,24,25)/t19-/m0/s1. The van der Waals surface area contributed by atoms with Crippen LogP contribution in [-0.2, 0) is 16.0 Å². The number of carboxylic acid groups (broad SMARTS) is 1. The zero-order valence-electron chi connectivity index (χ0n) is 14.1. The van der Waals surface area contributed by atoms with Crippen molar-refractivity contribution in [1.82, 2.24) is 5.32 Å². The van der Waals surface area contributed by atoms with E-state index in [1.54, 1.807) is 6.07 Å². The summed E-state index contributed by atoms with van der Waals surface area (Å²) in [7, 11) is 0. The quantitative estimate of drug-likeness (QED) is 0.687. The molecule has 5 nitrogen and oxygen atoms in total. The van der Waals surface area contributed by atoms with E-state index in [-0.39, 0.29) is 13.0 Å². The number of benzene rings is 3. The molecule has 0 bridgehead atoms. The number of hydrogen-bond donors (Lipinski definition) is 2. The monoisotopic (exact) mass is 349 g/mol. The molecule has 0 radical (unpaired) electrons. The third-order valence-corrected chi connectivity index (χ3v) is 4.01. The Morgan fingerprint density at radius 2 is 1.62 bits per heavy atom. The topological polar surface area (TPSA) is 75.6 Å². The third-order valence-electron chi connectivity index (χ3n) is 4.01. The molecule has 26 heavy (non-hydrogen) atoms. The Morgan fingerprint density at radius 1 is 0.923 bits per heavy atom. The first-order valence-electron chi connectivity index (χ1n) is 8.29. The smallest absolute Gasteiger partial charge is 0.326 e. The van der Waals surface area contributed by atoms with E-state index in [0.29, 0.717) is 5.75 Å². The normalized spacial score (nSPS) is 11.7. The molecule has 3 aromatic rings. The van der Waals surface area contributed by atoms with Crippen LogP contribution in [0.5, 0.6) is 5.75 Å². The number of fused-ring (bicyclic) bond motifs is 1. The molecule has 0 aromatic heterocycles. The van der Waals surface area contributed by atoms with Gasteiger partial charge in [0.05, 0.1) is 0 Å². The molecule has 1 amide bonds. The van der Waals surface area contributed by atoms with Crippen LogP contribution in [-0.4, -0.2) is 29.6 Å². The lowest BCUT2D eigenvalue weighted by Crippen LogP contribution is -2.44. The van der Waals surface area contributed by atoms with Crippen LogP contribution in [0.3, 0.4) is 0 Å². The van der Waals surface area contributed by atoms with Crippen LogP contribution in [0, 0.1) is 0 Å². The van der Waals surface area contributed by atoms with Gasteiger partial charge in [0, 0.05) is 6.42 Å². The van der Waals surface area contributed by atoms with E-state index in [2.05, 4.69) is 5.32 Å². The minimum atomic E-state index is -1.08. The summed E-state index contributed by atoms with van der Waals surface area (Å²) in [6.07, 6.45) is 0.220. The highest BCUT2D eigenvalue weighted by atomic mass is 16.5. The maximum absolute atomic E-state index is 12.1. The van der Waals surface area contributed by atoms with Gasteiger partial charge >= 0.3 is 5.97 Å². The molecule has 5 heteroatoms. The molecule has 0 unspecified atom stereocenters. The zero-order valence-corrected chi connectivity index (χ0v) is 14.1. The van der Waals surface area contributed by atoms with Gasteiger partial charge in [0.1, 0.15) is 11.8 Å². The van der Waals surface area contributed by atoms with E-state index in [9.17, 15) is 14.7 Å². The Kier molecular flexibility index (Phi) is 5.49. The summed E-state index contributed by atoms with van der Waals surface area (Å²) in [5, 5.41) is 13.9. The maximum atomic E-state index is 12.1. The Morgan fingerprint density at radius 3 is 2.35 bits per heavy atom. The number of ether oxygens (including phenoxy) is 1. The first-order chi connectivity index (χ1) is 12.6. The van der Waals surface area contributed by atoms with E-state index in [0.717, 1.165) is 16.3 Å². The molecule has 0 aliphatic heterocycles. The predicted octanol–water partition coefficient (Wildman–Crippen LogP) is 3.03. The molecule has 0 fully saturated rings. The molecule has 0 spiro atoms. The Balaban J connectivity index is 1.58. The summed E-state index contributed by atoms with van der Waals surface area (Å²) in [4.78, 5) is 23.5. The van der Waals surface area contributed by atoms with E-state index in [1.807, 2.05) is 66.7 Å². The summed E-state index contributed by atoms with van der Waals surface area (Å²) in [5.74, 6) is -0.983. The van der Waals surface area contributed by atoms with Crippen molar-refractivity contribution < 1.29 is 19.4 Å². The lowest BCUT2D eigenvalue weighted by Gasteiger charge is -2.15. The van der Waals surface area contributed by atoms with Crippen LogP contribution < -0.4 is 10.1 Å². The lowest BCUT2D eigenvalue weighted by atomic mass is 10.1. The van der Waals surface area contributed by atoms with Crippen LogP contribution in [0.25, 0.3) is 10.8 Å². The number of carbonyl (C=O) groups excluding carboxylic acids is 1. The molecule has 132 valence electrons. The highest BCUT2D eigenvalue weighted by molar-refractivity contribution is 5.85. The second kappa shape index (κ2) is 8.16. The molecule has 0 saturated carbocycles. The largest absolute Gasteiger partial charge is 0.484 e. The average Bonchev–Trinajstić information content (AvgIpc) is 2.66. The van der Waals surface area contributed by atoms with Gasteiger partial charge in [0.15, 0.2) is 6.61 Å². The maximum Gasteiger partial charge on any atom is 0.326 e. The van der Waals surface area contributed by atoms with Crippen molar-refractivity contribution in [2.45, 2.75) is 12.5 Å². The number of rotatable bonds is 7. The van der Waals surface area contributed by atoms with Gasteiger partial charge in [0.25, 0.3) is 5.91 Å². The SMILES string of the molecule is O=C(COc1ccc2ccccc2c1)N[C@@H](Cc1ccccc1)C(=O)O. The number of amides is 1. The summed E-state index contributed by atoms with van der Waals surface area (Å²) >= 11 is 0. The number of aliphatic carboxylic acids is 1. The van der Waals surface area contributed by atoms with Gasteiger partial charge in [-0.05, 0) is 28.5 Å². The second-order valence-corrected chi connectivity index (χ2v) is 5.95. The van der Waals surface area contributed by atoms with E-state index >= 15 is 0 Å². The Hall–Kier alpha value is -3.34. The van der Waals surface area contributed by atoms with Crippen molar-refractivity contribution in [2.75, 3.05) is 6.61 Å². The van der Waals surface area contributed by atoms with Crippen LogP contribution in [0.15, 0.2) is 72.8 Å². The fourth-order valence-corrected chi connectivity index (χ4v) is 2.69. The first kappa shape index (κ1) is 17.5. The second-order valence-electron chi connectivity index (χ2n) is 5.95. The van der Waals surface area contributed by atoms with Gasteiger partial charge in [-0.25, -0.2) is 4.79 Å². The Bertz CT molecular complexity index is 908. The number of nitrogens with one attached hydrogen (secondary N) is 1. The highest BCUT2D eigenvalue weighted by Crippen LogP contribution is 2.20. The average molecular weight is 349 g/mol. The molecule has 0 aliphatic carbocycles. The molecule has 3 rings (SSSR count). The van der Waals surface area contributed by atoms with E-state index in [1.165, 1.54) is 0 Å². The number of hydrogen-bond acceptors (Lipinski definition) is 3. The highest BCUT2D eigenvalue weighted by Gasteiger charge is 2.20. The first-order valence-corrected chi connectivity index (χ1v) is 8.29. The van der Waals surface area contributed by atoms with Crippen LogP contribution in [0.4, 0.5) is 0 Å². The van der Waals surface area contributed by atoms with Gasteiger partial charge < -0.3 is 15.2 Å². The zero-order chi connectivity index (χ0) is 18.4. The molecular weight excluding hydrogens is 330 g/mol. The summed E-state index contributed by atoms with van der Waals surface area (Å²) in [6, 6.07) is 21.6. The van der Waals surface area contributed by atoms with Crippen molar-refractivity contribution >= 4 is 22.6 Å². The van der Waals surface area contributed by atoms with Crippen LogP contribution >= 0.6 is 0 Å². The van der Waals surface area contributed by atoms with Crippen LogP contribution in [0.1, 0.15) is 5.56 Å². The van der Waals surface area contributed by atoms with Gasteiger partial charge in [-0.2, -0.15) is 0 Å². The fraction of sp³-hybridized carbons (Fsp3) is 0.143. The van der Waals surface area contributed by atoms with Gasteiger partial charge in [-0.15, -0.1) is 0 Å². The fourth-order valence-electron chi connectivity index (χ4n) is 2.69. The lowest BCUT2D eigenvalue weighted by molar-refractivity contribution is -0.142. The summed E-state index contributed by atoms with van der Waals surface area (Å²) in [5.41, 5.74) is 0.843. The summed E-state index contributed by atoms with van der Waals surface area (Å²) in [6.45, 7) is -0.239. The van der Waals surface area contributed by atoms with Crippen LogP contribution in [0.2, 0.25) is 0 Å². The molecule has 0 heterocycles. The van der Waals surface area contributed by atoms with Crippen molar-refractivity contribution in [3.05, 3.63) is 78.4 Å². The van der Waals surface area contributed by atoms with Crippen molar-refractivity contribution in [3.63, 3.8) is 0 Å². The third kappa shape index (κ3) is 4.60. The molecule has 3 aromatic carbocycles. The summed E-state index contributed by atoms with van der Waals surface area (Å²) < 4.78 is 5.50. The predicted molar refractivity (Wildman–Crippen MR) is 99.2 cm³/mol. The molecule has 0 aliphatic rings. The number of carboxylic acids is 1.